The lowest BCUT2D eigenvalue weighted by Gasteiger charge is -2.08. The average Bonchev–Trinajstić information content (AvgIpc) is 2.46. The number of hydrogen-bond donors (Lipinski definition) is 0. The lowest BCUT2D eigenvalue weighted by molar-refractivity contribution is 0.502. The highest BCUT2D eigenvalue weighted by Gasteiger charge is 2.19. The van der Waals surface area contributed by atoms with Gasteiger partial charge in [0.15, 0.2) is 0 Å². The molecule has 0 nitrogen and oxygen atoms in total. The fourth-order valence-electron chi connectivity index (χ4n) is 2.05. The Morgan fingerprint density at radius 2 is 2.17 bits per heavy atom. The second-order valence-corrected chi connectivity index (χ2v) is 4.14. The van der Waals surface area contributed by atoms with Gasteiger partial charge in [0.05, 0.1) is 0 Å². The normalized spacial score (nSPS) is 30.2. The van der Waals surface area contributed by atoms with Crippen molar-refractivity contribution in [1.29, 1.82) is 0 Å². The molecule has 0 aromatic heterocycles. The van der Waals surface area contributed by atoms with Crippen molar-refractivity contribution in [3.63, 3.8) is 0 Å². The quantitative estimate of drug-likeness (QED) is 0.434. The van der Waals surface area contributed by atoms with E-state index in [4.69, 9.17) is 0 Å². The highest BCUT2D eigenvalue weighted by molar-refractivity contribution is 4.93. The van der Waals surface area contributed by atoms with Crippen LogP contribution in [0, 0.1) is 11.8 Å². The maximum Gasteiger partial charge on any atom is -0.0208 e. The molecule has 0 heterocycles. The molecule has 12 heavy (non-hydrogen) atoms. The van der Waals surface area contributed by atoms with Crippen LogP contribution >= 0.6 is 0 Å². The first-order valence-corrected chi connectivity index (χ1v) is 5.51. The molecule has 0 heteroatoms. The molecular weight excluding hydrogens is 144 g/mol. The molecular formula is C12H22. The first-order valence-electron chi connectivity index (χ1n) is 5.51. The maximum atomic E-state index is 2.47. The number of hydrogen-bond acceptors (Lipinski definition) is 0. The largest absolute Gasteiger partial charge is 0.0883 e. The summed E-state index contributed by atoms with van der Waals surface area (Å²) in [5.74, 6) is 1.85. The molecule has 1 fully saturated rings. The Morgan fingerprint density at radius 1 is 1.33 bits per heavy atom. The van der Waals surface area contributed by atoms with Crippen LogP contribution in [0.5, 0.6) is 0 Å². The minimum Gasteiger partial charge on any atom is -0.0883 e. The number of allylic oxidation sites excluding steroid dienone is 2. The predicted molar refractivity (Wildman–Crippen MR) is 55.2 cm³/mol. The van der Waals surface area contributed by atoms with Crippen molar-refractivity contribution in [2.45, 2.75) is 52.4 Å². The summed E-state index contributed by atoms with van der Waals surface area (Å²) >= 11 is 0. The smallest absolute Gasteiger partial charge is 0.0208 e. The van der Waals surface area contributed by atoms with Crippen LogP contribution in [0.25, 0.3) is 0 Å². The van der Waals surface area contributed by atoms with Crippen molar-refractivity contribution in [2.24, 2.45) is 11.8 Å². The summed E-state index contributed by atoms with van der Waals surface area (Å²) in [5, 5.41) is 0. The molecule has 0 N–H and O–H groups in total. The molecule has 70 valence electrons. The molecule has 1 aliphatic rings. The van der Waals surface area contributed by atoms with Crippen LogP contribution in [-0.4, -0.2) is 0 Å². The fraction of sp³-hybridized carbons (Fsp3) is 0.833. The van der Waals surface area contributed by atoms with Gasteiger partial charge in [-0.15, -0.1) is 0 Å². The Morgan fingerprint density at radius 3 is 2.75 bits per heavy atom. The van der Waals surface area contributed by atoms with Crippen LogP contribution in [0.4, 0.5) is 0 Å². The molecule has 0 aromatic carbocycles. The summed E-state index contributed by atoms with van der Waals surface area (Å²) in [7, 11) is 0. The van der Waals surface area contributed by atoms with Crippen LogP contribution in [0.2, 0.25) is 0 Å². The van der Waals surface area contributed by atoms with Crippen LogP contribution in [0.1, 0.15) is 52.4 Å². The zero-order valence-corrected chi connectivity index (χ0v) is 8.55. The van der Waals surface area contributed by atoms with E-state index in [9.17, 15) is 0 Å². The Bertz CT molecular complexity index is 135. The molecule has 0 aromatic rings. The van der Waals surface area contributed by atoms with E-state index < -0.39 is 0 Å². The number of unbranched alkanes of at least 4 members (excludes halogenated alkanes) is 2. The first kappa shape index (κ1) is 9.83. The van der Waals surface area contributed by atoms with E-state index in [2.05, 4.69) is 26.0 Å². The summed E-state index contributed by atoms with van der Waals surface area (Å²) in [5.41, 5.74) is 0. The predicted octanol–water partition coefficient (Wildman–Crippen LogP) is 4.17. The topological polar surface area (TPSA) is 0 Å². The van der Waals surface area contributed by atoms with Crippen molar-refractivity contribution < 1.29 is 0 Å². The Balaban J connectivity index is 2.16. The van der Waals surface area contributed by atoms with Crippen molar-refractivity contribution in [3.8, 4) is 0 Å². The molecule has 0 spiro atoms. The van der Waals surface area contributed by atoms with E-state index in [0.717, 1.165) is 11.8 Å². The van der Waals surface area contributed by atoms with Crippen molar-refractivity contribution in [2.75, 3.05) is 0 Å². The van der Waals surface area contributed by atoms with Gasteiger partial charge in [-0.2, -0.15) is 0 Å². The van der Waals surface area contributed by atoms with Gasteiger partial charge in [-0.3, -0.25) is 0 Å². The van der Waals surface area contributed by atoms with E-state index in [1.165, 1.54) is 38.5 Å². The summed E-state index contributed by atoms with van der Waals surface area (Å²) in [6.07, 6.45) is 13.2. The molecule has 2 unspecified atom stereocenters. The molecule has 1 rings (SSSR count). The first-order chi connectivity index (χ1) is 5.84. The molecule has 2 atom stereocenters. The van der Waals surface area contributed by atoms with E-state index in [1.54, 1.807) is 0 Å². The third-order valence-corrected chi connectivity index (χ3v) is 3.04. The van der Waals surface area contributed by atoms with Gasteiger partial charge in [-0.05, 0) is 24.7 Å². The van der Waals surface area contributed by atoms with Gasteiger partial charge < -0.3 is 0 Å². The monoisotopic (exact) mass is 166 g/mol. The minimum absolute atomic E-state index is 0.904. The Kier molecular flexibility index (Phi) is 4.42. The third kappa shape index (κ3) is 3.00. The van der Waals surface area contributed by atoms with Crippen molar-refractivity contribution >= 4 is 0 Å². The van der Waals surface area contributed by atoms with Crippen LogP contribution in [-0.2, 0) is 0 Å². The fourth-order valence-corrected chi connectivity index (χ4v) is 2.05. The van der Waals surface area contributed by atoms with Gasteiger partial charge in [0.25, 0.3) is 0 Å². The van der Waals surface area contributed by atoms with E-state index in [1.807, 2.05) is 0 Å². The highest BCUT2D eigenvalue weighted by atomic mass is 14.2. The van der Waals surface area contributed by atoms with Gasteiger partial charge in [0, 0.05) is 0 Å². The van der Waals surface area contributed by atoms with Gasteiger partial charge in [-0.25, -0.2) is 0 Å². The number of rotatable bonds is 4. The van der Waals surface area contributed by atoms with E-state index in [0.29, 0.717) is 0 Å². The zero-order valence-electron chi connectivity index (χ0n) is 8.55. The minimum atomic E-state index is 0.904. The van der Waals surface area contributed by atoms with Crippen LogP contribution < -0.4 is 0 Å². The maximum absolute atomic E-state index is 2.47. The Hall–Kier alpha value is -0.260. The van der Waals surface area contributed by atoms with Crippen molar-refractivity contribution in [1.82, 2.24) is 0 Å². The molecule has 1 aliphatic carbocycles. The molecule has 0 saturated heterocycles. The molecule has 0 radical (unpaired) electrons. The second-order valence-electron chi connectivity index (χ2n) is 4.14. The molecule has 0 aliphatic heterocycles. The third-order valence-electron chi connectivity index (χ3n) is 3.04. The Labute approximate surface area is 77.1 Å². The summed E-state index contributed by atoms with van der Waals surface area (Å²) in [4.78, 5) is 0. The average molecular weight is 166 g/mol. The summed E-state index contributed by atoms with van der Waals surface area (Å²) < 4.78 is 0. The molecule has 0 amide bonds. The van der Waals surface area contributed by atoms with E-state index in [-0.39, 0.29) is 0 Å². The second kappa shape index (κ2) is 5.40. The lowest BCUT2D eigenvalue weighted by atomic mass is 9.97. The van der Waals surface area contributed by atoms with Gasteiger partial charge in [0.1, 0.15) is 0 Å². The van der Waals surface area contributed by atoms with Gasteiger partial charge in [0.2, 0.25) is 0 Å². The summed E-state index contributed by atoms with van der Waals surface area (Å²) in [6.45, 7) is 4.65. The SMILES string of the molecule is CCCC/C=C\C1CCCC1C. The van der Waals surface area contributed by atoms with Gasteiger partial charge >= 0.3 is 0 Å². The molecule has 1 saturated carbocycles. The van der Waals surface area contributed by atoms with Crippen LogP contribution in [0.15, 0.2) is 12.2 Å². The zero-order chi connectivity index (χ0) is 8.81. The van der Waals surface area contributed by atoms with E-state index >= 15 is 0 Å². The van der Waals surface area contributed by atoms with Gasteiger partial charge in [-0.1, -0.05) is 51.7 Å². The standard InChI is InChI=1S/C12H22/c1-3-4-5-6-9-12-10-7-8-11(12)2/h6,9,11-12H,3-5,7-8,10H2,1-2H3/b9-6-. The highest BCUT2D eigenvalue weighted by Crippen LogP contribution is 2.32. The molecule has 0 bridgehead atoms. The summed E-state index contributed by atoms with van der Waals surface area (Å²) in [6, 6.07) is 0. The van der Waals surface area contributed by atoms with Crippen molar-refractivity contribution in [3.05, 3.63) is 12.2 Å². The van der Waals surface area contributed by atoms with Crippen LogP contribution in [0.3, 0.4) is 0 Å². The lowest BCUT2D eigenvalue weighted by Crippen LogP contribution is -1.98.